The van der Waals surface area contributed by atoms with E-state index in [-0.39, 0.29) is 15.8 Å². The third kappa shape index (κ3) is 4.70. The zero-order valence-corrected chi connectivity index (χ0v) is 13.8. The summed E-state index contributed by atoms with van der Waals surface area (Å²) < 4.78 is 0. The summed E-state index contributed by atoms with van der Waals surface area (Å²) in [7, 11) is 0. The van der Waals surface area contributed by atoms with Crippen molar-refractivity contribution in [1.82, 2.24) is 20.6 Å². The lowest BCUT2D eigenvalue weighted by molar-refractivity contribution is -0.120. The molecule has 11 heteroatoms. The average molecular weight is 370 g/mol. The topological polar surface area (TPSA) is 140 Å². The van der Waals surface area contributed by atoms with E-state index in [1.54, 1.807) is 13.0 Å². The number of phenols is 1. The van der Waals surface area contributed by atoms with Gasteiger partial charge in [0.05, 0.1) is 16.5 Å². The normalized spacial score (nSPS) is 12.2. The maximum Gasteiger partial charge on any atom is 0.342 e. The van der Waals surface area contributed by atoms with Gasteiger partial charge in [0.2, 0.25) is 0 Å². The predicted molar refractivity (Wildman–Crippen MR) is 89.7 cm³/mol. The Hall–Kier alpha value is -2.59. The number of aromatic hydroxyl groups is 1. The average Bonchev–Trinajstić information content (AvgIpc) is 2.53. The van der Waals surface area contributed by atoms with Gasteiger partial charge in [-0.1, -0.05) is 23.4 Å². The quantitative estimate of drug-likeness (QED) is 0.342. The Morgan fingerprint density at radius 1 is 1.50 bits per heavy atom. The van der Waals surface area contributed by atoms with Crippen molar-refractivity contribution < 1.29 is 9.90 Å². The van der Waals surface area contributed by atoms with Gasteiger partial charge < -0.3 is 5.11 Å². The van der Waals surface area contributed by atoms with E-state index >= 15 is 0 Å². The second-order valence-electron chi connectivity index (χ2n) is 4.52. The van der Waals surface area contributed by atoms with Crippen LogP contribution >= 0.6 is 23.4 Å². The molecule has 2 rings (SSSR count). The van der Waals surface area contributed by atoms with E-state index < -0.39 is 22.4 Å². The lowest BCUT2D eigenvalue weighted by Gasteiger charge is -2.07. The molecule has 4 N–H and O–H groups in total. The van der Waals surface area contributed by atoms with Crippen LogP contribution in [0.2, 0.25) is 5.02 Å². The highest BCUT2D eigenvalue weighted by Gasteiger charge is 2.16. The summed E-state index contributed by atoms with van der Waals surface area (Å²) >= 11 is 6.63. The molecule has 0 saturated heterocycles. The number of phenolic OH excluding ortho intramolecular Hbond substituents is 1. The van der Waals surface area contributed by atoms with Gasteiger partial charge in [0, 0.05) is 0 Å². The maximum absolute atomic E-state index is 11.9. The summed E-state index contributed by atoms with van der Waals surface area (Å²) in [5.41, 5.74) is 1.49. The van der Waals surface area contributed by atoms with Crippen LogP contribution in [0.3, 0.4) is 0 Å². The maximum atomic E-state index is 11.9. The molecule has 1 unspecified atom stereocenters. The molecule has 1 aromatic carbocycles. The summed E-state index contributed by atoms with van der Waals surface area (Å²) in [5, 5.41) is 18.2. The molecule has 0 aliphatic rings. The highest BCUT2D eigenvalue weighted by atomic mass is 35.5. The van der Waals surface area contributed by atoms with Crippen LogP contribution in [0.25, 0.3) is 0 Å². The SMILES string of the molecule is CC(Sc1n[nH]c(=O)[nH]c1=O)C(=O)N/N=C/c1ccc(O)c(Cl)c1. The predicted octanol–water partition coefficient (Wildman–Crippen LogP) is 0.448. The highest BCUT2D eigenvalue weighted by Crippen LogP contribution is 2.22. The molecule has 0 saturated carbocycles. The van der Waals surface area contributed by atoms with E-state index in [0.29, 0.717) is 5.56 Å². The van der Waals surface area contributed by atoms with E-state index in [0.717, 1.165) is 11.8 Å². The molecule has 24 heavy (non-hydrogen) atoms. The van der Waals surface area contributed by atoms with E-state index in [2.05, 4.69) is 20.7 Å². The van der Waals surface area contributed by atoms with Crippen LogP contribution in [-0.2, 0) is 4.79 Å². The van der Waals surface area contributed by atoms with Crippen LogP contribution in [0.5, 0.6) is 5.75 Å². The number of hydrogen-bond acceptors (Lipinski definition) is 7. The Labute approximate surface area is 144 Å². The van der Waals surface area contributed by atoms with Crippen LogP contribution in [0.15, 0.2) is 37.9 Å². The van der Waals surface area contributed by atoms with Crippen molar-refractivity contribution in [3.05, 3.63) is 49.6 Å². The van der Waals surface area contributed by atoms with Gasteiger partial charge in [0.15, 0.2) is 5.03 Å². The molecular formula is C13H12ClN5O4S. The number of H-pyrrole nitrogens is 2. The summed E-state index contributed by atoms with van der Waals surface area (Å²) in [6.07, 6.45) is 1.35. The lowest BCUT2D eigenvalue weighted by atomic mass is 10.2. The molecule has 0 bridgehead atoms. The molecule has 2 aromatic rings. The van der Waals surface area contributed by atoms with Gasteiger partial charge in [0.1, 0.15) is 5.75 Å². The van der Waals surface area contributed by atoms with Crippen LogP contribution in [0, 0.1) is 0 Å². The zero-order chi connectivity index (χ0) is 17.7. The molecule has 1 atom stereocenters. The van der Waals surface area contributed by atoms with E-state index in [1.165, 1.54) is 18.3 Å². The molecule has 0 aliphatic heterocycles. The zero-order valence-electron chi connectivity index (χ0n) is 12.2. The van der Waals surface area contributed by atoms with Crippen molar-refractivity contribution >= 4 is 35.5 Å². The van der Waals surface area contributed by atoms with Gasteiger partial charge in [-0.05, 0) is 30.7 Å². The Morgan fingerprint density at radius 2 is 2.25 bits per heavy atom. The Balaban J connectivity index is 1.96. The first kappa shape index (κ1) is 17.8. The molecule has 1 amide bonds. The lowest BCUT2D eigenvalue weighted by Crippen LogP contribution is -2.30. The molecule has 1 heterocycles. The minimum atomic E-state index is -0.724. The van der Waals surface area contributed by atoms with Crippen molar-refractivity contribution in [1.29, 1.82) is 0 Å². The first-order valence-corrected chi connectivity index (χ1v) is 7.79. The molecule has 0 fully saturated rings. The number of nitrogens with one attached hydrogen (secondary N) is 3. The fourth-order valence-electron chi connectivity index (χ4n) is 1.50. The van der Waals surface area contributed by atoms with Crippen LogP contribution < -0.4 is 16.7 Å². The van der Waals surface area contributed by atoms with Crippen molar-refractivity contribution in [2.24, 2.45) is 5.10 Å². The van der Waals surface area contributed by atoms with Crippen molar-refractivity contribution in [3.63, 3.8) is 0 Å². The van der Waals surface area contributed by atoms with Gasteiger partial charge in [0.25, 0.3) is 11.5 Å². The molecule has 9 nitrogen and oxygen atoms in total. The summed E-state index contributed by atoms with van der Waals surface area (Å²) in [4.78, 5) is 36.3. The number of carbonyl (C=O) groups excluding carboxylic acids is 1. The Morgan fingerprint density at radius 3 is 2.92 bits per heavy atom. The van der Waals surface area contributed by atoms with Crippen LogP contribution in [-0.4, -0.2) is 37.7 Å². The largest absolute Gasteiger partial charge is 0.506 e. The van der Waals surface area contributed by atoms with Gasteiger partial charge in [-0.2, -0.15) is 10.2 Å². The van der Waals surface area contributed by atoms with Gasteiger partial charge in [-0.25, -0.2) is 15.3 Å². The van der Waals surface area contributed by atoms with E-state index in [4.69, 9.17) is 11.6 Å². The number of halogens is 1. The number of nitrogens with zero attached hydrogens (tertiary/aromatic N) is 2. The van der Waals surface area contributed by atoms with E-state index in [9.17, 15) is 19.5 Å². The number of amides is 1. The number of carbonyl (C=O) groups is 1. The highest BCUT2D eigenvalue weighted by molar-refractivity contribution is 8.00. The smallest absolute Gasteiger partial charge is 0.342 e. The first-order valence-electron chi connectivity index (χ1n) is 6.54. The number of aromatic nitrogens is 3. The number of benzene rings is 1. The summed E-state index contributed by atoms with van der Waals surface area (Å²) in [6.45, 7) is 1.55. The summed E-state index contributed by atoms with van der Waals surface area (Å²) in [6, 6.07) is 4.45. The third-order valence-corrected chi connectivity index (χ3v) is 4.07. The van der Waals surface area contributed by atoms with Crippen molar-refractivity contribution in [3.8, 4) is 5.75 Å². The van der Waals surface area contributed by atoms with Crippen molar-refractivity contribution in [2.75, 3.05) is 0 Å². The summed E-state index contributed by atoms with van der Waals surface area (Å²) in [5.74, 6) is -0.518. The standard InChI is InChI=1S/C13H12ClN5O4S/c1-6(24-12-11(22)16-13(23)19-18-12)10(21)17-15-5-7-2-3-9(20)8(14)4-7/h2-6,20H,1H3,(H,17,21)(H2,16,19,22,23)/b15-5+. The molecular weight excluding hydrogens is 358 g/mol. The van der Waals surface area contributed by atoms with Crippen molar-refractivity contribution in [2.45, 2.75) is 17.2 Å². The minimum absolute atomic E-state index is 0.0356. The number of hydrazone groups is 1. The van der Waals surface area contributed by atoms with Gasteiger partial charge >= 0.3 is 5.69 Å². The third-order valence-electron chi connectivity index (χ3n) is 2.70. The van der Waals surface area contributed by atoms with Gasteiger partial charge in [-0.15, -0.1) is 0 Å². The molecule has 126 valence electrons. The second kappa shape index (κ2) is 7.79. The molecule has 0 aliphatic carbocycles. The first-order chi connectivity index (χ1) is 11.4. The van der Waals surface area contributed by atoms with Crippen LogP contribution in [0.4, 0.5) is 0 Å². The second-order valence-corrected chi connectivity index (χ2v) is 6.25. The number of thioether (sulfide) groups is 1. The molecule has 0 spiro atoms. The Kier molecular flexibility index (Phi) is 5.77. The Bertz CT molecular complexity index is 894. The molecule has 1 aromatic heterocycles. The molecule has 0 radical (unpaired) electrons. The fraction of sp³-hybridized carbons (Fsp3) is 0.154. The minimum Gasteiger partial charge on any atom is -0.506 e. The number of rotatable bonds is 5. The number of hydrogen-bond donors (Lipinski definition) is 4. The van der Waals surface area contributed by atoms with Crippen LogP contribution in [0.1, 0.15) is 12.5 Å². The van der Waals surface area contributed by atoms with Gasteiger partial charge in [-0.3, -0.25) is 14.6 Å². The van der Waals surface area contributed by atoms with E-state index in [1.807, 2.05) is 4.98 Å². The number of aromatic amines is 2. The monoisotopic (exact) mass is 369 g/mol. The fourth-order valence-corrected chi connectivity index (χ4v) is 2.44.